The van der Waals surface area contributed by atoms with Crippen LogP contribution in [-0.2, 0) is 4.79 Å². The maximum atomic E-state index is 10.9. The summed E-state index contributed by atoms with van der Waals surface area (Å²) in [4.78, 5) is 21.5. The molecule has 0 aliphatic carbocycles. The highest BCUT2D eigenvalue weighted by molar-refractivity contribution is 6.04. The summed E-state index contributed by atoms with van der Waals surface area (Å²) in [7, 11) is 0. The van der Waals surface area contributed by atoms with Crippen LogP contribution in [-0.4, -0.2) is 18.0 Å². The summed E-state index contributed by atoms with van der Waals surface area (Å²) in [5, 5.41) is 4.72. The Bertz CT molecular complexity index is 189. The fraction of sp³-hybridized carbons (Fsp3) is 0.714. The molecule has 1 fully saturated rings. The molecule has 4 heteroatoms. The van der Waals surface area contributed by atoms with Crippen LogP contribution in [0.3, 0.4) is 0 Å². The van der Waals surface area contributed by atoms with Crippen molar-refractivity contribution in [2.75, 3.05) is 0 Å². The van der Waals surface area contributed by atoms with Gasteiger partial charge in [-0.05, 0) is 12.3 Å². The van der Waals surface area contributed by atoms with E-state index in [-0.39, 0.29) is 18.0 Å². The van der Waals surface area contributed by atoms with Crippen LogP contribution in [0.4, 0.5) is 4.79 Å². The predicted octanol–water partition coefficient (Wildman–Crippen LogP) is 0.241. The monoisotopic (exact) mass is 156 g/mol. The number of rotatable bonds is 2. The van der Waals surface area contributed by atoms with Crippen molar-refractivity contribution in [2.24, 2.45) is 5.92 Å². The quantitative estimate of drug-likeness (QED) is 0.563. The molecular formula is C7H12N2O2. The topological polar surface area (TPSA) is 58.2 Å². The van der Waals surface area contributed by atoms with Crippen LogP contribution in [0.5, 0.6) is 0 Å². The molecule has 0 bridgehead atoms. The summed E-state index contributed by atoms with van der Waals surface area (Å²) in [5.74, 6) is 0.216. The van der Waals surface area contributed by atoms with Crippen molar-refractivity contribution in [1.29, 1.82) is 0 Å². The van der Waals surface area contributed by atoms with E-state index in [0.29, 0.717) is 12.3 Å². The third kappa shape index (κ3) is 1.93. The molecule has 1 aliphatic heterocycles. The molecule has 0 saturated carbocycles. The van der Waals surface area contributed by atoms with Gasteiger partial charge < -0.3 is 5.32 Å². The minimum atomic E-state index is -0.374. The molecule has 0 unspecified atom stereocenters. The molecule has 1 rings (SSSR count). The number of nitrogens with one attached hydrogen (secondary N) is 2. The van der Waals surface area contributed by atoms with Gasteiger partial charge in [-0.3, -0.25) is 10.1 Å². The summed E-state index contributed by atoms with van der Waals surface area (Å²) in [5.41, 5.74) is 0. The first-order valence-electron chi connectivity index (χ1n) is 3.71. The molecule has 0 aromatic carbocycles. The molecule has 2 N–H and O–H groups in total. The maximum Gasteiger partial charge on any atom is 0.322 e. The van der Waals surface area contributed by atoms with Gasteiger partial charge in [-0.15, -0.1) is 0 Å². The van der Waals surface area contributed by atoms with Crippen molar-refractivity contribution < 1.29 is 9.59 Å². The summed E-state index contributed by atoms with van der Waals surface area (Å²) in [6, 6.07) is -0.692. The van der Waals surface area contributed by atoms with Crippen LogP contribution in [0.1, 0.15) is 20.3 Å². The number of amides is 3. The SMILES string of the molecule is CC(C)C[C@@H]1NC(=O)NC1=O. The first-order valence-corrected chi connectivity index (χ1v) is 3.71. The van der Waals surface area contributed by atoms with Crippen LogP contribution < -0.4 is 10.6 Å². The van der Waals surface area contributed by atoms with Gasteiger partial charge in [-0.1, -0.05) is 13.8 Å². The molecule has 1 atom stereocenters. The standard InChI is InChI=1S/C7H12N2O2/c1-4(2)3-5-6(10)9-7(11)8-5/h4-5H,3H2,1-2H3,(H2,8,9,10,11)/t5-/m0/s1. The Kier molecular flexibility index (Phi) is 2.12. The van der Waals surface area contributed by atoms with E-state index in [1.807, 2.05) is 13.8 Å². The minimum Gasteiger partial charge on any atom is -0.326 e. The molecule has 0 aromatic rings. The maximum absolute atomic E-state index is 10.9. The minimum absolute atomic E-state index is 0.205. The second-order valence-corrected chi connectivity index (χ2v) is 3.14. The fourth-order valence-corrected chi connectivity index (χ4v) is 1.10. The van der Waals surface area contributed by atoms with Crippen molar-refractivity contribution >= 4 is 11.9 Å². The van der Waals surface area contributed by atoms with Gasteiger partial charge in [0.25, 0.3) is 5.91 Å². The van der Waals surface area contributed by atoms with E-state index in [9.17, 15) is 9.59 Å². The first kappa shape index (κ1) is 8.04. The average molecular weight is 156 g/mol. The zero-order valence-electron chi connectivity index (χ0n) is 6.68. The normalized spacial score (nSPS) is 23.7. The van der Waals surface area contributed by atoms with E-state index in [0.717, 1.165) is 0 Å². The molecule has 3 amide bonds. The number of carbonyl (C=O) groups is 2. The lowest BCUT2D eigenvalue weighted by Crippen LogP contribution is -2.30. The van der Waals surface area contributed by atoms with Gasteiger partial charge in [0, 0.05) is 0 Å². The van der Waals surface area contributed by atoms with Crippen molar-refractivity contribution in [1.82, 2.24) is 10.6 Å². The highest BCUT2D eigenvalue weighted by Gasteiger charge is 2.29. The van der Waals surface area contributed by atoms with Gasteiger partial charge in [0.2, 0.25) is 0 Å². The Hall–Kier alpha value is -1.06. The third-order valence-corrected chi connectivity index (χ3v) is 1.57. The van der Waals surface area contributed by atoms with E-state index < -0.39 is 0 Å². The van der Waals surface area contributed by atoms with Crippen LogP contribution >= 0.6 is 0 Å². The van der Waals surface area contributed by atoms with E-state index in [1.165, 1.54) is 0 Å². The van der Waals surface area contributed by atoms with E-state index in [2.05, 4.69) is 10.6 Å². The number of hydrogen-bond donors (Lipinski definition) is 2. The van der Waals surface area contributed by atoms with Crippen molar-refractivity contribution in [2.45, 2.75) is 26.3 Å². The number of hydrogen-bond acceptors (Lipinski definition) is 2. The van der Waals surface area contributed by atoms with Gasteiger partial charge in [-0.25, -0.2) is 4.79 Å². The zero-order valence-corrected chi connectivity index (χ0v) is 6.68. The summed E-state index contributed by atoms with van der Waals surface area (Å²) >= 11 is 0. The number of urea groups is 1. The molecular weight excluding hydrogens is 144 g/mol. The van der Waals surface area contributed by atoms with Crippen LogP contribution in [0, 0.1) is 5.92 Å². The Morgan fingerprint density at radius 2 is 2.09 bits per heavy atom. The molecule has 1 saturated heterocycles. The lowest BCUT2D eigenvalue weighted by Gasteiger charge is -2.08. The predicted molar refractivity (Wildman–Crippen MR) is 39.9 cm³/mol. The number of imide groups is 1. The van der Waals surface area contributed by atoms with Crippen molar-refractivity contribution in [3.05, 3.63) is 0 Å². The molecule has 4 nitrogen and oxygen atoms in total. The van der Waals surface area contributed by atoms with Gasteiger partial charge in [-0.2, -0.15) is 0 Å². The molecule has 11 heavy (non-hydrogen) atoms. The first-order chi connectivity index (χ1) is 5.09. The molecule has 1 aliphatic rings. The van der Waals surface area contributed by atoms with Crippen molar-refractivity contribution in [3.63, 3.8) is 0 Å². The molecule has 62 valence electrons. The van der Waals surface area contributed by atoms with Crippen molar-refractivity contribution in [3.8, 4) is 0 Å². The van der Waals surface area contributed by atoms with Gasteiger partial charge in [0.15, 0.2) is 0 Å². The van der Waals surface area contributed by atoms with E-state index in [4.69, 9.17) is 0 Å². The van der Waals surface area contributed by atoms with E-state index >= 15 is 0 Å². The summed E-state index contributed by atoms with van der Waals surface area (Å²) < 4.78 is 0. The molecule has 1 heterocycles. The lowest BCUT2D eigenvalue weighted by molar-refractivity contribution is -0.120. The molecule has 0 aromatic heterocycles. The highest BCUT2D eigenvalue weighted by atomic mass is 16.2. The Morgan fingerprint density at radius 3 is 2.45 bits per heavy atom. The third-order valence-electron chi connectivity index (χ3n) is 1.57. The summed E-state index contributed by atoms with van der Waals surface area (Å²) in [6.45, 7) is 4.02. The Labute approximate surface area is 65.3 Å². The number of carbonyl (C=O) groups excluding carboxylic acids is 2. The van der Waals surface area contributed by atoms with Gasteiger partial charge in [0.05, 0.1) is 0 Å². The highest BCUT2D eigenvalue weighted by Crippen LogP contribution is 2.07. The fourth-order valence-electron chi connectivity index (χ4n) is 1.10. The smallest absolute Gasteiger partial charge is 0.322 e. The average Bonchev–Trinajstić information content (AvgIpc) is 2.09. The zero-order chi connectivity index (χ0) is 8.43. The Morgan fingerprint density at radius 1 is 1.45 bits per heavy atom. The Balaban J connectivity index is 2.47. The van der Waals surface area contributed by atoms with Gasteiger partial charge >= 0.3 is 6.03 Å². The van der Waals surface area contributed by atoms with Crippen LogP contribution in [0.15, 0.2) is 0 Å². The van der Waals surface area contributed by atoms with Crippen LogP contribution in [0.2, 0.25) is 0 Å². The molecule has 0 radical (unpaired) electrons. The van der Waals surface area contributed by atoms with Gasteiger partial charge in [0.1, 0.15) is 6.04 Å². The largest absolute Gasteiger partial charge is 0.326 e. The second kappa shape index (κ2) is 2.90. The summed E-state index contributed by atoms with van der Waals surface area (Å²) in [6.07, 6.45) is 0.706. The lowest BCUT2D eigenvalue weighted by atomic mass is 10.0. The van der Waals surface area contributed by atoms with Crippen LogP contribution in [0.25, 0.3) is 0 Å². The van der Waals surface area contributed by atoms with E-state index in [1.54, 1.807) is 0 Å². The second-order valence-electron chi connectivity index (χ2n) is 3.14. The molecule has 0 spiro atoms.